The van der Waals surface area contributed by atoms with Crippen LogP contribution in [0.25, 0.3) is 0 Å². The van der Waals surface area contributed by atoms with E-state index in [-0.39, 0.29) is 18.6 Å². The van der Waals surface area contributed by atoms with Gasteiger partial charge in [0.2, 0.25) is 0 Å². The number of hydrogen-bond donors (Lipinski definition) is 1. The molecular weight excluding hydrogens is 250 g/mol. The van der Waals surface area contributed by atoms with Crippen molar-refractivity contribution in [2.45, 2.75) is 39.7 Å². The van der Waals surface area contributed by atoms with Crippen LogP contribution < -0.4 is 0 Å². The second-order valence-electron chi connectivity index (χ2n) is 5.06. The number of hydrogen-bond acceptors (Lipinski definition) is 2. The molecule has 1 N–H and O–H groups in total. The summed E-state index contributed by atoms with van der Waals surface area (Å²) in [6.45, 7) is 5.91. The summed E-state index contributed by atoms with van der Waals surface area (Å²) in [5.74, 6) is 5.44. The van der Waals surface area contributed by atoms with Gasteiger partial charge in [0.05, 0.1) is 5.56 Å². The molecule has 1 rings (SSSR count). The van der Waals surface area contributed by atoms with E-state index in [9.17, 15) is 4.79 Å². The lowest BCUT2D eigenvalue weighted by molar-refractivity contribution is 0.0736. The number of aryl methyl sites for hydroxylation is 1. The van der Waals surface area contributed by atoms with Gasteiger partial charge in [-0.25, -0.2) is 0 Å². The zero-order valence-corrected chi connectivity index (χ0v) is 12.7. The van der Waals surface area contributed by atoms with Crippen molar-refractivity contribution in [2.75, 3.05) is 13.7 Å². The molecule has 1 aromatic carbocycles. The molecule has 0 saturated heterocycles. The number of amides is 1. The average molecular weight is 273 g/mol. The molecule has 1 atom stereocenters. The number of nitrogens with zero attached hydrogens (tertiary/aromatic N) is 1. The Balaban J connectivity index is 3.10. The summed E-state index contributed by atoms with van der Waals surface area (Å²) < 4.78 is 0. The second-order valence-corrected chi connectivity index (χ2v) is 5.06. The zero-order valence-electron chi connectivity index (χ0n) is 12.7. The van der Waals surface area contributed by atoms with Crippen molar-refractivity contribution >= 4 is 5.91 Å². The van der Waals surface area contributed by atoms with Crippen molar-refractivity contribution in [2.24, 2.45) is 0 Å². The van der Waals surface area contributed by atoms with Crippen molar-refractivity contribution in [3.8, 4) is 11.8 Å². The van der Waals surface area contributed by atoms with Crippen LogP contribution in [0.3, 0.4) is 0 Å². The summed E-state index contributed by atoms with van der Waals surface area (Å²) in [5.41, 5.74) is 2.31. The Morgan fingerprint density at radius 1 is 1.45 bits per heavy atom. The first-order valence-electron chi connectivity index (χ1n) is 6.98. The minimum absolute atomic E-state index is 0.0168. The van der Waals surface area contributed by atoms with Gasteiger partial charge in [-0.3, -0.25) is 4.79 Å². The summed E-state index contributed by atoms with van der Waals surface area (Å²) >= 11 is 0. The number of benzene rings is 1. The highest BCUT2D eigenvalue weighted by Crippen LogP contribution is 2.16. The molecule has 20 heavy (non-hydrogen) atoms. The van der Waals surface area contributed by atoms with Gasteiger partial charge in [-0.2, -0.15) is 0 Å². The molecule has 3 nitrogen and oxygen atoms in total. The van der Waals surface area contributed by atoms with Gasteiger partial charge in [0.25, 0.3) is 5.91 Å². The Labute approximate surface area is 121 Å². The van der Waals surface area contributed by atoms with Crippen LogP contribution in [0.15, 0.2) is 18.2 Å². The molecule has 0 saturated carbocycles. The molecule has 0 aliphatic carbocycles. The van der Waals surface area contributed by atoms with Crippen LogP contribution in [0.5, 0.6) is 0 Å². The maximum atomic E-state index is 12.6. The van der Waals surface area contributed by atoms with Crippen LogP contribution >= 0.6 is 0 Å². The third kappa shape index (κ3) is 4.11. The fraction of sp³-hybridized carbons (Fsp3) is 0.471. The maximum absolute atomic E-state index is 12.6. The van der Waals surface area contributed by atoms with Gasteiger partial charge in [0.15, 0.2) is 0 Å². The lowest BCUT2D eigenvalue weighted by atomic mass is 10.0. The van der Waals surface area contributed by atoms with Gasteiger partial charge in [-0.1, -0.05) is 36.8 Å². The van der Waals surface area contributed by atoms with E-state index in [1.54, 1.807) is 4.90 Å². The first kappa shape index (κ1) is 16.3. The molecule has 1 aromatic rings. The van der Waals surface area contributed by atoms with E-state index in [0.717, 1.165) is 18.4 Å². The standard InChI is InChI=1S/C17H23NO2/c1-5-7-14(3)18(4)17(20)16-12-13(2)9-10-15(16)8-6-11-19/h9-10,12,14,19H,5,7,11H2,1-4H3. The van der Waals surface area contributed by atoms with Gasteiger partial charge >= 0.3 is 0 Å². The van der Waals surface area contributed by atoms with E-state index in [1.165, 1.54) is 0 Å². The van der Waals surface area contributed by atoms with E-state index >= 15 is 0 Å². The Bertz CT molecular complexity index is 526. The highest BCUT2D eigenvalue weighted by Gasteiger charge is 2.19. The molecule has 1 amide bonds. The SMILES string of the molecule is CCCC(C)N(C)C(=O)c1cc(C)ccc1C#CCO. The summed E-state index contributed by atoms with van der Waals surface area (Å²) in [6, 6.07) is 5.82. The van der Waals surface area contributed by atoms with Crippen molar-refractivity contribution < 1.29 is 9.90 Å². The Hall–Kier alpha value is -1.79. The van der Waals surface area contributed by atoms with Crippen molar-refractivity contribution in [1.29, 1.82) is 0 Å². The number of carbonyl (C=O) groups is 1. The molecule has 0 spiro atoms. The molecule has 1 unspecified atom stereocenters. The quantitative estimate of drug-likeness (QED) is 0.857. The monoisotopic (exact) mass is 273 g/mol. The van der Waals surface area contributed by atoms with Gasteiger partial charge in [0.1, 0.15) is 6.61 Å². The summed E-state index contributed by atoms with van der Waals surface area (Å²) in [7, 11) is 1.83. The van der Waals surface area contributed by atoms with Crippen LogP contribution in [0, 0.1) is 18.8 Å². The Morgan fingerprint density at radius 2 is 2.15 bits per heavy atom. The largest absolute Gasteiger partial charge is 0.384 e. The molecule has 0 fully saturated rings. The summed E-state index contributed by atoms with van der Waals surface area (Å²) in [4.78, 5) is 14.4. The second kappa shape index (κ2) is 7.72. The van der Waals surface area contributed by atoms with Crippen molar-refractivity contribution in [3.63, 3.8) is 0 Å². The first-order valence-corrected chi connectivity index (χ1v) is 6.98. The van der Waals surface area contributed by atoms with Crippen LogP contribution in [-0.4, -0.2) is 35.6 Å². The molecule has 0 bridgehead atoms. The average Bonchev–Trinajstić information content (AvgIpc) is 2.44. The lowest BCUT2D eigenvalue weighted by Gasteiger charge is -2.25. The predicted molar refractivity (Wildman–Crippen MR) is 81.6 cm³/mol. The molecule has 0 heterocycles. The normalized spacial score (nSPS) is 11.4. The van der Waals surface area contributed by atoms with E-state index in [4.69, 9.17) is 5.11 Å². The number of carbonyl (C=O) groups excluding carboxylic acids is 1. The third-order valence-electron chi connectivity index (χ3n) is 3.40. The van der Waals surface area contributed by atoms with E-state index in [1.807, 2.05) is 32.2 Å². The van der Waals surface area contributed by atoms with E-state index in [0.29, 0.717) is 11.1 Å². The zero-order chi connectivity index (χ0) is 15.1. The van der Waals surface area contributed by atoms with Crippen LogP contribution in [0.2, 0.25) is 0 Å². The highest BCUT2D eigenvalue weighted by atomic mass is 16.2. The number of aliphatic hydroxyl groups is 1. The van der Waals surface area contributed by atoms with Crippen LogP contribution in [0.1, 0.15) is 48.2 Å². The minimum atomic E-state index is -0.205. The van der Waals surface area contributed by atoms with E-state index in [2.05, 4.69) is 25.7 Å². The predicted octanol–water partition coefficient (Wildman–Crippen LogP) is 2.60. The van der Waals surface area contributed by atoms with Crippen molar-refractivity contribution in [1.82, 2.24) is 4.90 Å². The fourth-order valence-corrected chi connectivity index (χ4v) is 2.08. The van der Waals surface area contributed by atoms with Crippen molar-refractivity contribution in [3.05, 3.63) is 34.9 Å². The van der Waals surface area contributed by atoms with E-state index < -0.39 is 0 Å². The molecule has 3 heteroatoms. The molecule has 108 valence electrons. The molecular formula is C17H23NO2. The topological polar surface area (TPSA) is 40.5 Å². The number of aliphatic hydroxyl groups excluding tert-OH is 1. The first-order chi connectivity index (χ1) is 9.51. The smallest absolute Gasteiger partial charge is 0.255 e. The third-order valence-corrected chi connectivity index (χ3v) is 3.40. The minimum Gasteiger partial charge on any atom is -0.384 e. The molecule has 0 aliphatic rings. The lowest BCUT2D eigenvalue weighted by Crippen LogP contribution is -2.35. The maximum Gasteiger partial charge on any atom is 0.255 e. The summed E-state index contributed by atoms with van der Waals surface area (Å²) in [5, 5.41) is 8.81. The summed E-state index contributed by atoms with van der Waals surface area (Å²) in [6.07, 6.45) is 2.02. The molecule has 0 radical (unpaired) electrons. The highest BCUT2D eigenvalue weighted by molar-refractivity contribution is 5.97. The Kier molecular flexibility index (Phi) is 6.27. The van der Waals surface area contributed by atoms with Crippen LogP contribution in [0.4, 0.5) is 0 Å². The van der Waals surface area contributed by atoms with Crippen LogP contribution in [-0.2, 0) is 0 Å². The van der Waals surface area contributed by atoms with Gasteiger partial charge in [-0.05, 0) is 32.4 Å². The Morgan fingerprint density at radius 3 is 2.75 bits per heavy atom. The fourth-order valence-electron chi connectivity index (χ4n) is 2.08. The van der Waals surface area contributed by atoms with Gasteiger partial charge < -0.3 is 10.0 Å². The number of rotatable bonds is 4. The van der Waals surface area contributed by atoms with Gasteiger partial charge in [0, 0.05) is 18.7 Å². The molecule has 0 aliphatic heterocycles. The molecule has 0 aromatic heterocycles. The van der Waals surface area contributed by atoms with Gasteiger partial charge in [-0.15, -0.1) is 0 Å².